The Hall–Kier alpha value is -3.59. The van der Waals surface area contributed by atoms with Crippen LogP contribution in [0.2, 0.25) is 5.02 Å². The third-order valence-corrected chi connectivity index (χ3v) is 8.68. The van der Waals surface area contributed by atoms with E-state index in [0.717, 1.165) is 27.8 Å². The van der Waals surface area contributed by atoms with Crippen molar-refractivity contribution < 1.29 is 32.3 Å². The van der Waals surface area contributed by atoms with Gasteiger partial charge in [-0.2, -0.15) is 8.42 Å². The lowest BCUT2D eigenvalue weighted by Gasteiger charge is -2.24. The summed E-state index contributed by atoms with van der Waals surface area (Å²) >= 11 is 6.02. The normalized spacial score (nSPS) is 20.6. The summed E-state index contributed by atoms with van der Waals surface area (Å²) < 4.78 is 38.5. The third-order valence-electron chi connectivity index (χ3n) is 6.84. The van der Waals surface area contributed by atoms with Gasteiger partial charge in [0.05, 0.1) is 6.10 Å². The SMILES string of the molecule is O=C(O)CCCC=Cc1ccc(C2=C(c3ccc(O)cc3)[C@@H]3C[C@@H](S(=O)(=O)Oc4cccc(Cl)c4)[C@H]2O3)cc1. The fraction of sp³-hybridized carbons (Fsp3) is 0.233. The Morgan fingerprint density at radius 3 is 2.41 bits per heavy atom. The lowest BCUT2D eigenvalue weighted by atomic mass is 9.83. The van der Waals surface area contributed by atoms with Gasteiger partial charge in [0.2, 0.25) is 0 Å². The number of halogens is 1. The number of allylic oxidation sites excluding steroid dienone is 1. The predicted molar refractivity (Wildman–Crippen MR) is 150 cm³/mol. The first-order valence-electron chi connectivity index (χ1n) is 12.6. The summed E-state index contributed by atoms with van der Waals surface area (Å²) in [7, 11) is -4.06. The Balaban J connectivity index is 1.45. The third kappa shape index (κ3) is 6.03. The van der Waals surface area contributed by atoms with E-state index in [1.54, 1.807) is 42.5 Å². The van der Waals surface area contributed by atoms with Crippen molar-refractivity contribution in [2.75, 3.05) is 0 Å². The molecular weight excluding hydrogens is 540 g/mol. The van der Waals surface area contributed by atoms with Crippen LogP contribution in [0.15, 0.2) is 78.9 Å². The molecule has 0 aliphatic carbocycles. The Morgan fingerprint density at radius 1 is 1.03 bits per heavy atom. The van der Waals surface area contributed by atoms with Crippen molar-refractivity contribution >= 4 is 44.9 Å². The van der Waals surface area contributed by atoms with Gasteiger partial charge in [-0.3, -0.25) is 4.79 Å². The zero-order chi connectivity index (χ0) is 27.6. The van der Waals surface area contributed by atoms with E-state index < -0.39 is 33.5 Å². The van der Waals surface area contributed by atoms with Crippen molar-refractivity contribution in [2.24, 2.45) is 0 Å². The number of aromatic hydroxyl groups is 1. The second-order valence-electron chi connectivity index (χ2n) is 9.54. The smallest absolute Gasteiger partial charge is 0.315 e. The van der Waals surface area contributed by atoms with Gasteiger partial charge in [-0.15, -0.1) is 0 Å². The minimum absolute atomic E-state index is 0.130. The van der Waals surface area contributed by atoms with Gasteiger partial charge in [0, 0.05) is 23.9 Å². The van der Waals surface area contributed by atoms with Crippen LogP contribution in [0.3, 0.4) is 0 Å². The highest BCUT2D eigenvalue weighted by molar-refractivity contribution is 7.87. The Kier molecular flexibility index (Phi) is 7.79. The summed E-state index contributed by atoms with van der Waals surface area (Å²) in [6.45, 7) is 0. The van der Waals surface area contributed by atoms with Crippen molar-refractivity contribution in [2.45, 2.75) is 43.1 Å². The predicted octanol–water partition coefficient (Wildman–Crippen LogP) is 6.17. The summed E-state index contributed by atoms with van der Waals surface area (Å²) in [5, 5.41) is 18.0. The molecule has 3 aromatic carbocycles. The van der Waals surface area contributed by atoms with E-state index >= 15 is 0 Å². The van der Waals surface area contributed by atoms with E-state index in [1.807, 2.05) is 36.4 Å². The molecule has 0 radical (unpaired) electrons. The van der Waals surface area contributed by atoms with Crippen LogP contribution in [-0.2, 0) is 19.6 Å². The van der Waals surface area contributed by atoms with Crippen molar-refractivity contribution in [3.05, 3.63) is 101 Å². The maximum Gasteiger partial charge on any atom is 0.315 e. The number of phenolic OH excluding ortho intramolecular Hbond substituents is 1. The highest BCUT2D eigenvalue weighted by Gasteiger charge is 2.53. The van der Waals surface area contributed by atoms with E-state index in [-0.39, 0.29) is 24.3 Å². The Labute approximate surface area is 232 Å². The first-order chi connectivity index (χ1) is 18.7. The average molecular weight is 567 g/mol. The second kappa shape index (κ2) is 11.3. The molecule has 0 unspecified atom stereocenters. The number of phenols is 1. The van der Waals surface area contributed by atoms with Gasteiger partial charge in [0.1, 0.15) is 22.9 Å². The minimum Gasteiger partial charge on any atom is -0.508 e. The molecule has 0 aromatic heterocycles. The molecule has 2 aliphatic rings. The summed E-state index contributed by atoms with van der Waals surface area (Å²) in [6.07, 6.45) is 4.29. The van der Waals surface area contributed by atoms with Gasteiger partial charge in [-0.1, -0.05) is 66.2 Å². The molecule has 7 nitrogen and oxygen atoms in total. The quantitative estimate of drug-likeness (QED) is 0.223. The number of fused-ring (bicyclic) bond motifs is 2. The van der Waals surface area contributed by atoms with Crippen LogP contribution in [0.5, 0.6) is 11.5 Å². The molecule has 0 amide bonds. The number of carboxylic acids is 1. The van der Waals surface area contributed by atoms with Gasteiger partial charge in [0.15, 0.2) is 0 Å². The molecule has 0 spiro atoms. The lowest BCUT2D eigenvalue weighted by Crippen LogP contribution is -2.35. The largest absolute Gasteiger partial charge is 0.508 e. The van der Waals surface area contributed by atoms with Crippen molar-refractivity contribution in [3.8, 4) is 11.5 Å². The molecule has 1 fully saturated rings. The summed E-state index contributed by atoms with van der Waals surface area (Å²) in [5.41, 5.74) is 4.29. The zero-order valence-corrected chi connectivity index (χ0v) is 22.4. The molecule has 9 heteroatoms. The molecule has 5 rings (SSSR count). The van der Waals surface area contributed by atoms with Crippen molar-refractivity contribution in [1.82, 2.24) is 0 Å². The van der Waals surface area contributed by atoms with Crippen LogP contribution in [0.25, 0.3) is 17.2 Å². The molecule has 1 saturated heterocycles. The van der Waals surface area contributed by atoms with Crippen molar-refractivity contribution in [3.63, 3.8) is 0 Å². The molecule has 2 N–H and O–H groups in total. The molecule has 0 saturated carbocycles. The monoisotopic (exact) mass is 566 g/mol. The molecule has 39 heavy (non-hydrogen) atoms. The molecule has 2 heterocycles. The average Bonchev–Trinajstić information content (AvgIpc) is 3.49. The van der Waals surface area contributed by atoms with E-state index in [0.29, 0.717) is 17.9 Å². The molecule has 3 aromatic rings. The zero-order valence-electron chi connectivity index (χ0n) is 20.9. The number of carbonyl (C=O) groups is 1. The van der Waals surface area contributed by atoms with Gasteiger partial charge in [0.25, 0.3) is 0 Å². The topological polar surface area (TPSA) is 110 Å². The van der Waals surface area contributed by atoms with Crippen molar-refractivity contribution in [1.29, 1.82) is 0 Å². The van der Waals surface area contributed by atoms with Crippen LogP contribution in [-0.4, -0.2) is 42.1 Å². The van der Waals surface area contributed by atoms with Crippen LogP contribution in [0.4, 0.5) is 0 Å². The first-order valence-corrected chi connectivity index (χ1v) is 14.4. The molecular formula is C30H27ClO7S. The van der Waals surface area contributed by atoms with E-state index in [4.69, 9.17) is 25.6 Å². The standard InChI is InChI=1S/C30H27ClO7S/c31-22-6-4-7-24(17-22)38-39(35,36)26-18-25-28(20-13-15-23(32)16-14-20)29(30(26)37-25)21-11-9-19(10-12-21)5-2-1-3-8-27(33)34/h2,4-7,9-17,25-26,30,32H,1,3,8,18H2,(H,33,34)/t25-,26+,30+/m0/s1. The number of benzene rings is 3. The fourth-order valence-corrected chi connectivity index (χ4v) is 6.66. The van der Waals surface area contributed by atoms with E-state index in [2.05, 4.69) is 0 Å². The second-order valence-corrected chi connectivity index (χ2v) is 11.7. The number of aliphatic carboxylic acids is 1. The van der Waals surface area contributed by atoms with E-state index in [1.165, 1.54) is 6.07 Å². The fourth-order valence-electron chi connectivity index (χ4n) is 5.07. The summed E-state index contributed by atoms with van der Waals surface area (Å²) in [5.74, 6) is -0.522. The molecule has 2 aliphatic heterocycles. The highest BCUT2D eigenvalue weighted by atomic mass is 35.5. The summed E-state index contributed by atoms with van der Waals surface area (Å²) in [4.78, 5) is 10.7. The lowest BCUT2D eigenvalue weighted by molar-refractivity contribution is -0.137. The number of hydrogen-bond acceptors (Lipinski definition) is 6. The molecule has 2 bridgehead atoms. The Morgan fingerprint density at radius 2 is 1.72 bits per heavy atom. The number of rotatable bonds is 10. The maximum absolute atomic E-state index is 13.4. The molecule has 202 valence electrons. The Bertz CT molecular complexity index is 1530. The van der Waals surface area contributed by atoms with Gasteiger partial charge in [-0.25, -0.2) is 0 Å². The highest BCUT2D eigenvalue weighted by Crippen LogP contribution is 2.51. The summed E-state index contributed by atoms with van der Waals surface area (Å²) in [6, 6.07) is 20.8. The first kappa shape index (κ1) is 27.0. The van der Waals surface area contributed by atoms with Gasteiger partial charge < -0.3 is 19.1 Å². The number of hydrogen-bond donors (Lipinski definition) is 2. The van der Waals surface area contributed by atoms with Crippen LogP contribution in [0, 0.1) is 0 Å². The van der Waals surface area contributed by atoms with E-state index in [9.17, 15) is 18.3 Å². The van der Waals surface area contributed by atoms with Gasteiger partial charge in [-0.05, 0) is 64.9 Å². The van der Waals surface area contributed by atoms with Crippen LogP contribution in [0.1, 0.15) is 42.4 Å². The van der Waals surface area contributed by atoms with Gasteiger partial charge >= 0.3 is 16.1 Å². The number of ether oxygens (including phenoxy) is 1. The minimum atomic E-state index is -4.06. The maximum atomic E-state index is 13.4. The number of unbranched alkanes of at least 4 members (excludes halogenated alkanes) is 1. The number of carboxylic acid groups (broad SMARTS) is 1. The van der Waals surface area contributed by atoms with Crippen LogP contribution < -0.4 is 4.18 Å². The van der Waals surface area contributed by atoms with Crippen LogP contribution >= 0.6 is 11.6 Å². The molecule has 3 atom stereocenters.